The summed E-state index contributed by atoms with van der Waals surface area (Å²) in [6.45, 7) is 9.08. The number of benzene rings is 1. The standard InChI is InChI=1S/C25H36N2O8/c1-14(15-10-8-7-9-11-15)27-16(22(29)26-13-18(28)30-6)12-17-19-20(33-24(2,3)32-19)21-23(31-17)35-25(4,5)34-21/h7-11,14,16-17,19-21,23,27H,12-13H2,1-6H3,(H,26,29)/t14-,16?,17+,19-,20-,21+,23+/m0/s1. The van der Waals surface area contributed by atoms with E-state index in [-0.39, 0.29) is 24.9 Å². The zero-order chi connectivity index (χ0) is 25.4. The van der Waals surface area contributed by atoms with Crippen LogP contribution in [0.2, 0.25) is 0 Å². The molecular formula is C25H36N2O8. The molecule has 4 rings (SSSR count). The quantitative estimate of drug-likeness (QED) is 0.524. The van der Waals surface area contributed by atoms with Gasteiger partial charge in [0.2, 0.25) is 5.91 Å². The fraction of sp³-hybridized carbons (Fsp3) is 0.680. The van der Waals surface area contributed by atoms with E-state index in [1.165, 1.54) is 7.11 Å². The van der Waals surface area contributed by atoms with Crippen molar-refractivity contribution in [3.05, 3.63) is 35.9 Å². The molecular weight excluding hydrogens is 456 g/mol. The Bertz CT molecular complexity index is 908. The van der Waals surface area contributed by atoms with Gasteiger partial charge in [-0.2, -0.15) is 0 Å². The van der Waals surface area contributed by atoms with Crippen LogP contribution in [0.25, 0.3) is 0 Å². The molecule has 3 aliphatic heterocycles. The molecule has 35 heavy (non-hydrogen) atoms. The van der Waals surface area contributed by atoms with Gasteiger partial charge in [0.1, 0.15) is 24.9 Å². The molecule has 194 valence electrons. The Kier molecular flexibility index (Phi) is 7.51. The lowest BCUT2D eigenvalue weighted by atomic mass is 9.93. The number of amides is 1. The van der Waals surface area contributed by atoms with Crippen LogP contribution in [0, 0.1) is 0 Å². The van der Waals surface area contributed by atoms with Gasteiger partial charge in [-0.25, -0.2) is 0 Å². The highest BCUT2D eigenvalue weighted by Crippen LogP contribution is 2.45. The van der Waals surface area contributed by atoms with Gasteiger partial charge >= 0.3 is 5.97 Å². The fourth-order valence-corrected chi connectivity index (χ4v) is 4.86. The molecule has 3 fully saturated rings. The summed E-state index contributed by atoms with van der Waals surface area (Å²) in [5.41, 5.74) is 1.02. The topological polar surface area (TPSA) is 114 Å². The van der Waals surface area contributed by atoms with Crippen molar-refractivity contribution in [3.63, 3.8) is 0 Å². The number of esters is 1. The minimum atomic E-state index is -0.838. The molecule has 0 spiro atoms. The molecule has 7 atom stereocenters. The molecule has 10 heteroatoms. The van der Waals surface area contributed by atoms with Crippen LogP contribution in [0.4, 0.5) is 0 Å². The highest BCUT2D eigenvalue weighted by atomic mass is 16.9. The Morgan fingerprint density at radius 3 is 2.29 bits per heavy atom. The Morgan fingerprint density at radius 1 is 0.971 bits per heavy atom. The Balaban J connectivity index is 1.54. The third kappa shape index (κ3) is 6.02. The van der Waals surface area contributed by atoms with Crippen LogP contribution in [-0.4, -0.2) is 73.9 Å². The van der Waals surface area contributed by atoms with Crippen LogP contribution in [0.5, 0.6) is 0 Å². The van der Waals surface area contributed by atoms with Crippen molar-refractivity contribution in [1.82, 2.24) is 10.6 Å². The first kappa shape index (κ1) is 26.0. The Morgan fingerprint density at radius 2 is 1.60 bits per heavy atom. The molecule has 1 unspecified atom stereocenters. The summed E-state index contributed by atoms with van der Waals surface area (Å²) in [5.74, 6) is -2.54. The number of fused-ring (bicyclic) bond motifs is 3. The van der Waals surface area contributed by atoms with E-state index in [1.807, 2.05) is 65.0 Å². The lowest BCUT2D eigenvalue weighted by Gasteiger charge is -2.39. The molecule has 2 N–H and O–H groups in total. The van der Waals surface area contributed by atoms with Crippen molar-refractivity contribution in [1.29, 1.82) is 0 Å². The van der Waals surface area contributed by atoms with Crippen LogP contribution in [0.3, 0.4) is 0 Å². The number of carbonyl (C=O) groups is 2. The molecule has 0 aliphatic carbocycles. The minimum absolute atomic E-state index is 0.139. The third-order valence-corrected chi connectivity index (χ3v) is 6.42. The molecule has 0 aromatic heterocycles. The minimum Gasteiger partial charge on any atom is -0.468 e. The van der Waals surface area contributed by atoms with Crippen LogP contribution in [-0.2, 0) is 38.0 Å². The number of hydrogen-bond acceptors (Lipinski definition) is 9. The summed E-state index contributed by atoms with van der Waals surface area (Å²) in [5, 5.41) is 6.04. The average molecular weight is 493 g/mol. The van der Waals surface area contributed by atoms with Crippen LogP contribution < -0.4 is 10.6 Å². The lowest BCUT2D eigenvalue weighted by Crippen LogP contribution is -2.58. The monoisotopic (exact) mass is 492 g/mol. The average Bonchev–Trinajstić information content (AvgIpc) is 3.31. The summed E-state index contributed by atoms with van der Waals surface area (Å²) >= 11 is 0. The number of methoxy groups -OCH3 is 1. The molecule has 0 saturated carbocycles. The van der Waals surface area contributed by atoms with Gasteiger partial charge < -0.3 is 33.7 Å². The Hall–Kier alpha value is -2.08. The molecule has 3 saturated heterocycles. The molecule has 1 aromatic carbocycles. The van der Waals surface area contributed by atoms with Gasteiger partial charge in [0, 0.05) is 12.5 Å². The fourth-order valence-electron chi connectivity index (χ4n) is 4.86. The normalized spacial score (nSPS) is 32.2. The van der Waals surface area contributed by atoms with E-state index in [9.17, 15) is 9.59 Å². The summed E-state index contributed by atoms with van der Waals surface area (Å²) in [7, 11) is 1.28. The van der Waals surface area contributed by atoms with Gasteiger partial charge in [-0.05, 0) is 40.2 Å². The first-order chi connectivity index (χ1) is 16.5. The molecule has 1 aromatic rings. The number of carbonyl (C=O) groups excluding carboxylic acids is 2. The molecule has 0 radical (unpaired) electrons. The summed E-state index contributed by atoms with van der Waals surface area (Å²) in [6.07, 6.45) is -2.24. The number of rotatable bonds is 8. The second-order valence-electron chi connectivity index (χ2n) is 10.1. The van der Waals surface area contributed by atoms with Crippen LogP contribution >= 0.6 is 0 Å². The van der Waals surface area contributed by atoms with Crippen molar-refractivity contribution in [2.24, 2.45) is 0 Å². The van der Waals surface area contributed by atoms with Crippen molar-refractivity contribution < 1.29 is 38.0 Å². The van der Waals surface area contributed by atoms with E-state index in [0.29, 0.717) is 0 Å². The van der Waals surface area contributed by atoms with Crippen LogP contribution in [0.15, 0.2) is 30.3 Å². The maximum Gasteiger partial charge on any atom is 0.325 e. The molecule has 0 bridgehead atoms. The Labute approximate surface area is 205 Å². The van der Waals surface area contributed by atoms with Gasteiger partial charge in [-0.15, -0.1) is 0 Å². The summed E-state index contributed by atoms with van der Waals surface area (Å²) < 4.78 is 35.4. The maximum absolute atomic E-state index is 13.2. The SMILES string of the molecule is COC(=O)CNC(=O)C(C[C@H]1O[C@@H]2OC(C)(C)O[C@@H]2[C@H]2OC(C)(C)O[C@H]21)N[C@@H](C)c1ccccc1. The molecule has 3 heterocycles. The number of hydrogen-bond donors (Lipinski definition) is 2. The van der Waals surface area contributed by atoms with E-state index in [1.54, 1.807) is 0 Å². The largest absolute Gasteiger partial charge is 0.468 e. The van der Waals surface area contributed by atoms with Gasteiger partial charge in [0.15, 0.2) is 17.9 Å². The number of nitrogens with one attached hydrogen (secondary N) is 2. The molecule has 10 nitrogen and oxygen atoms in total. The van der Waals surface area contributed by atoms with Crippen molar-refractivity contribution in [3.8, 4) is 0 Å². The maximum atomic E-state index is 13.2. The van der Waals surface area contributed by atoms with E-state index in [0.717, 1.165) is 5.56 Å². The predicted molar refractivity (Wildman–Crippen MR) is 124 cm³/mol. The van der Waals surface area contributed by atoms with Crippen molar-refractivity contribution in [2.75, 3.05) is 13.7 Å². The smallest absolute Gasteiger partial charge is 0.325 e. The van der Waals surface area contributed by atoms with Gasteiger partial charge in [0.05, 0.1) is 19.3 Å². The second kappa shape index (κ2) is 10.1. The third-order valence-electron chi connectivity index (χ3n) is 6.42. The second-order valence-corrected chi connectivity index (χ2v) is 10.1. The zero-order valence-corrected chi connectivity index (χ0v) is 21.1. The van der Waals surface area contributed by atoms with E-state index in [2.05, 4.69) is 15.4 Å². The molecule has 1 amide bonds. The van der Waals surface area contributed by atoms with E-state index < -0.39 is 54.3 Å². The number of ether oxygens (including phenoxy) is 6. The highest BCUT2D eigenvalue weighted by molar-refractivity contribution is 5.85. The van der Waals surface area contributed by atoms with Crippen molar-refractivity contribution >= 4 is 11.9 Å². The lowest BCUT2D eigenvalue weighted by molar-refractivity contribution is -0.236. The van der Waals surface area contributed by atoms with Crippen LogP contribution in [0.1, 0.15) is 52.6 Å². The summed E-state index contributed by atoms with van der Waals surface area (Å²) in [4.78, 5) is 24.8. The van der Waals surface area contributed by atoms with Gasteiger partial charge in [0.25, 0.3) is 0 Å². The predicted octanol–water partition coefficient (Wildman–Crippen LogP) is 1.78. The van der Waals surface area contributed by atoms with Crippen molar-refractivity contribution in [2.45, 2.75) is 95.4 Å². The summed E-state index contributed by atoms with van der Waals surface area (Å²) in [6, 6.07) is 8.97. The molecule has 3 aliphatic rings. The first-order valence-corrected chi connectivity index (χ1v) is 12.0. The van der Waals surface area contributed by atoms with Gasteiger partial charge in [-0.1, -0.05) is 30.3 Å². The van der Waals surface area contributed by atoms with Gasteiger partial charge in [-0.3, -0.25) is 14.9 Å². The van der Waals surface area contributed by atoms with E-state index >= 15 is 0 Å². The highest BCUT2D eigenvalue weighted by Gasteiger charge is 2.60. The van der Waals surface area contributed by atoms with E-state index in [4.69, 9.17) is 23.7 Å². The zero-order valence-electron chi connectivity index (χ0n) is 21.1. The first-order valence-electron chi connectivity index (χ1n) is 12.0.